The van der Waals surface area contributed by atoms with Crippen LogP contribution in [0.2, 0.25) is 0 Å². The third-order valence-corrected chi connectivity index (χ3v) is 3.94. The lowest BCUT2D eigenvalue weighted by molar-refractivity contribution is -0.118. The van der Waals surface area contributed by atoms with Crippen LogP contribution in [0, 0.1) is 5.92 Å². The van der Waals surface area contributed by atoms with E-state index in [0.29, 0.717) is 19.0 Å². The highest BCUT2D eigenvalue weighted by molar-refractivity contribution is 5.74. The number of urea groups is 1. The first-order valence-electron chi connectivity index (χ1n) is 7.96. The van der Waals surface area contributed by atoms with Crippen LogP contribution in [0.5, 0.6) is 0 Å². The summed E-state index contributed by atoms with van der Waals surface area (Å²) in [5.41, 5.74) is 1.34. The predicted octanol–water partition coefficient (Wildman–Crippen LogP) is 1.79. The van der Waals surface area contributed by atoms with Gasteiger partial charge in [0, 0.05) is 33.1 Å². The van der Waals surface area contributed by atoms with Crippen LogP contribution < -0.4 is 10.6 Å². The highest BCUT2D eigenvalue weighted by atomic mass is 16.2. The fraction of sp³-hybridized carbons (Fsp3) is 0.529. The van der Waals surface area contributed by atoms with E-state index in [9.17, 15) is 9.59 Å². The first kappa shape index (κ1) is 16.3. The highest BCUT2D eigenvalue weighted by Gasteiger charge is 2.25. The van der Waals surface area contributed by atoms with Gasteiger partial charge in [-0.15, -0.1) is 0 Å². The van der Waals surface area contributed by atoms with Gasteiger partial charge in [-0.05, 0) is 30.7 Å². The number of nitrogens with zero attached hydrogens (tertiary/aromatic N) is 1. The molecule has 0 radical (unpaired) electrons. The molecule has 1 aliphatic rings. The highest BCUT2D eigenvalue weighted by Crippen LogP contribution is 2.20. The third-order valence-electron chi connectivity index (χ3n) is 3.94. The van der Waals surface area contributed by atoms with Crippen LogP contribution in [0.15, 0.2) is 30.3 Å². The van der Waals surface area contributed by atoms with Gasteiger partial charge >= 0.3 is 6.03 Å². The molecule has 5 nitrogen and oxygen atoms in total. The fourth-order valence-electron chi connectivity index (χ4n) is 2.79. The lowest BCUT2D eigenvalue weighted by atomic mass is 9.99. The van der Waals surface area contributed by atoms with Crippen LogP contribution >= 0.6 is 0 Å². The van der Waals surface area contributed by atoms with Gasteiger partial charge < -0.3 is 15.5 Å². The number of carbonyl (C=O) groups is 2. The first-order valence-corrected chi connectivity index (χ1v) is 7.96. The monoisotopic (exact) mass is 303 g/mol. The van der Waals surface area contributed by atoms with E-state index in [-0.39, 0.29) is 11.9 Å². The Labute approximate surface area is 132 Å². The molecule has 0 aromatic heterocycles. The Balaban J connectivity index is 1.64. The first-order chi connectivity index (χ1) is 10.6. The molecule has 1 aromatic carbocycles. The maximum absolute atomic E-state index is 12.1. The van der Waals surface area contributed by atoms with Crippen molar-refractivity contribution in [2.45, 2.75) is 26.2 Å². The summed E-state index contributed by atoms with van der Waals surface area (Å²) in [5.74, 6) is 0.516. The van der Waals surface area contributed by atoms with Crippen molar-refractivity contribution in [3.05, 3.63) is 35.9 Å². The van der Waals surface area contributed by atoms with Crippen LogP contribution in [0.25, 0.3) is 0 Å². The predicted molar refractivity (Wildman–Crippen MR) is 86.5 cm³/mol. The van der Waals surface area contributed by atoms with Crippen molar-refractivity contribution >= 4 is 11.9 Å². The van der Waals surface area contributed by atoms with Crippen molar-refractivity contribution in [1.82, 2.24) is 15.5 Å². The Morgan fingerprint density at radius 2 is 1.91 bits per heavy atom. The van der Waals surface area contributed by atoms with E-state index in [4.69, 9.17) is 0 Å². The van der Waals surface area contributed by atoms with Crippen LogP contribution in [0.3, 0.4) is 0 Å². The Hall–Kier alpha value is -2.04. The largest absolute Gasteiger partial charge is 0.356 e. The SMILES string of the molecule is CC(=O)NCCCNC(=O)N1CC[C@H](Cc2ccccc2)C1. The minimum absolute atomic E-state index is 0.0124. The summed E-state index contributed by atoms with van der Waals surface area (Å²) >= 11 is 0. The molecule has 1 fully saturated rings. The second kappa shape index (κ2) is 8.41. The van der Waals surface area contributed by atoms with Crippen molar-refractivity contribution in [2.24, 2.45) is 5.92 Å². The van der Waals surface area contributed by atoms with Gasteiger partial charge in [-0.3, -0.25) is 4.79 Å². The van der Waals surface area contributed by atoms with Crippen LogP contribution in [-0.4, -0.2) is 43.0 Å². The molecule has 0 aliphatic carbocycles. The lowest BCUT2D eigenvalue weighted by Gasteiger charge is -2.17. The van der Waals surface area contributed by atoms with Crippen molar-refractivity contribution in [3.8, 4) is 0 Å². The van der Waals surface area contributed by atoms with Crippen molar-refractivity contribution in [2.75, 3.05) is 26.2 Å². The number of hydrogen-bond donors (Lipinski definition) is 2. The van der Waals surface area contributed by atoms with Crippen molar-refractivity contribution < 1.29 is 9.59 Å². The second-order valence-corrected chi connectivity index (χ2v) is 5.86. The van der Waals surface area contributed by atoms with E-state index in [2.05, 4.69) is 34.9 Å². The van der Waals surface area contributed by atoms with Gasteiger partial charge in [0.25, 0.3) is 0 Å². The summed E-state index contributed by atoms with van der Waals surface area (Å²) in [4.78, 5) is 24.7. The molecule has 1 saturated heterocycles. The quantitative estimate of drug-likeness (QED) is 0.787. The van der Waals surface area contributed by atoms with Gasteiger partial charge in [0.1, 0.15) is 0 Å². The number of benzene rings is 1. The number of hydrogen-bond acceptors (Lipinski definition) is 2. The molecule has 0 spiro atoms. The molecule has 3 amide bonds. The zero-order valence-electron chi connectivity index (χ0n) is 13.2. The standard InChI is InChI=1S/C17H25N3O2/c1-14(21)18-9-5-10-19-17(22)20-11-8-16(13-20)12-15-6-3-2-4-7-15/h2-4,6-7,16H,5,8-13H2,1H3,(H,18,21)(H,19,22)/t16-/m1/s1. The van der Waals surface area contributed by atoms with Crippen LogP contribution in [0.4, 0.5) is 4.79 Å². The summed E-state index contributed by atoms with van der Waals surface area (Å²) in [6.45, 7) is 4.35. The molecule has 2 N–H and O–H groups in total. The molecule has 1 aromatic rings. The Bertz CT molecular complexity index is 490. The maximum Gasteiger partial charge on any atom is 0.317 e. The molecule has 0 unspecified atom stereocenters. The summed E-state index contributed by atoms with van der Waals surface area (Å²) < 4.78 is 0. The number of nitrogens with one attached hydrogen (secondary N) is 2. The molecule has 22 heavy (non-hydrogen) atoms. The average Bonchev–Trinajstić information content (AvgIpc) is 2.96. The maximum atomic E-state index is 12.1. The smallest absolute Gasteiger partial charge is 0.317 e. The molecular formula is C17H25N3O2. The van der Waals surface area contributed by atoms with Gasteiger partial charge in [-0.1, -0.05) is 30.3 Å². The molecule has 2 rings (SSSR count). The van der Waals surface area contributed by atoms with Gasteiger partial charge in [0.05, 0.1) is 0 Å². The molecular weight excluding hydrogens is 278 g/mol. The van der Waals surface area contributed by atoms with Crippen LogP contribution in [0.1, 0.15) is 25.3 Å². The molecule has 1 atom stereocenters. The van der Waals surface area contributed by atoms with Gasteiger partial charge in [0.15, 0.2) is 0 Å². The van der Waals surface area contributed by atoms with E-state index in [0.717, 1.165) is 32.4 Å². The summed E-state index contributed by atoms with van der Waals surface area (Å²) in [7, 11) is 0. The average molecular weight is 303 g/mol. The van der Waals surface area contributed by atoms with E-state index < -0.39 is 0 Å². The summed E-state index contributed by atoms with van der Waals surface area (Å²) in [6, 6.07) is 10.4. The number of likely N-dealkylation sites (tertiary alicyclic amines) is 1. The Morgan fingerprint density at radius 3 is 2.64 bits per heavy atom. The molecule has 1 aliphatic heterocycles. The van der Waals surface area contributed by atoms with Crippen molar-refractivity contribution in [3.63, 3.8) is 0 Å². The van der Waals surface area contributed by atoms with Gasteiger partial charge in [0.2, 0.25) is 5.91 Å². The zero-order valence-corrected chi connectivity index (χ0v) is 13.2. The second-order valence-electron chi connectivity index (χ2n) is 5.86. The van der Waals surface area contributed by atoms with Gasteiger partial charge in [-0.25, -0.2) is 4.79 Å². The number of amides is 3. The van der Waals surface area contributed by atoms with E-state index in [1.807, 2.05) is 11.0 Å². The number of carbonyl (C=O) groups excluding carboxylic acids is 2. The zero-order chi connectivity index (χ0) is 15.8. The van der Waals surface area contributed by atoms with E-state index >= 15 is 0 Å². The van der Waals surface area contributed by atoms with Gasteiger partial charge in [-0.2, -0.15) is 0 Å². The van der Waals surface area contributed by atoms with E-state index in [1.165, 1.54) is 12.5 Å². The normalized spacial score (nSPS) is 17.3. The van der Waals surface area contributed by atoms with E-state index in [1.54, 1.807) is 0 Å². The molecule has 1 heterocycles. The third kappa shape index (κ3) is 5.39. The fourth-order valence-corrected chi connectivity index (χ4v) is 2.79. The molecule has 0 bridgehead atoms. The summed E-state index contributed by atoms with van der Waals surface area (Å²) in [5, 5.41) is 5.64. The summed E-state index contributed by atoms with van der Waals surface area (Å²) in [6.07, 6.45) is 2.86. The topological polar surface area (TPSA) is 61.4 Å². The number of rotatable bonds is 6. The Kier molecular flexibility index (Phi) is 6.25. The van der Waals surface area contributed by atoms with Crippen molar-refractivity contribution in [1.29, 1.82) is 0 Å². The molecule has 0 saturated carbocycles. The Morgan fingerprint density at radius 1 is 1.18 bits per heavy atom. The minimum atomic E-state index is -0.0328. The molecule has 5 heteroatoms. The molecule has 120 valence electrons. The van der Waals surface area contributed by atoms with Crippen LogP contribution in [-0.2, 0) is 11.2 Å². The lowest BCUT2D eigenvalue weighted by Crippen LogP contribution is -2.39. The minimum Gasteiger partial charge on any atom is -0.356 e.